The Balaban J connectivity index is 3.20. The van der Waals surface area contributed by atoms with Crippen molar-refractivity contribution in [3.8, 4) is 0 Å². The summed E-state index contributed by atoms with van der Waals surface area (Å²) in [6, 6.07) is 0. The number of carbonyl (C=O) groups is 1. The molecule has 0 amide bonds. The first kappa shape index (κ1) is 18.9. The molecule has 0 aliphatic heterocycles. The van der Waals surface area contributed by atoms with Crippen LogP contribution in [0.5, 0.6) is 0 Å². The van der Waals surface area contributed by atoms with E-state index in [4.69, 9.17) is 5.11 Å². The number of carboxylic acids is 1. The molecule has 0 spiro atoms. The molecule has 0 bridgehead atoms. The zero-order chi connectivity index (χ0) is 14.9. The summed E-state index contributed by atoms with van der Waals surface area (Å²) < 4.78 is 0. The fourth-order valence-corrected chi connectivity index (χ4v) is 2.09. The van der Waals surface area contributed by atoms with E-state index in [-0.39, 0.29) is 0 Å². The molecule has 0 heterocycles. The van der Waals surface area contributed by atoms with Gasteiger partial charge in [-0.1, -0.05) is 63.3 Å². The second-order valence-corrected chi connectivity index (χ2v) is 5.37. The molecule has 1 N–H and O–H groups in total. The van der Waals surface area contributed by atoms with E-state index in [0.29, 0.717) is 6.42 Å². The monoisotopic (exact) mass is 280 g/mol. The van der Waals surface area contributed by atoms with Crippen LogP contribution in [0, 0.1) is 0 Å². The highest BCUT2D eigenvalue weighted by molar-refractivity contribution is 5.66. The van der Waals surface area contributed by atoms with Crippen LogP contribution < -0.4 is 0 Å². The van der Waals surface area contributed by atoms with Crippen LogP contribution in [0.25, 0.3) is 0 Å². The first-order valence-corrected chi connectivity index (χ1v) is 8.29. The molecule has 0 saturated carbocycles. The van der Waals surface area contributed by atoms with Gasteiger partial charge in [0.25, 0.3) is 0 Å². The fourth-order valence-electron chi connectivity index (χ4n) is 2.09. The fraction of sp³-hybridized carbons (Fsp3) is 0.722. The summed E-state index contributed by atoms with van der Waals surface area (Å²) in [7, 11) is 0. The number of hydrogen-bond donors (Lipinski definition) is 1. The van der Waals surface area contributed by atoms with Gasteiger partial charge in [-0.3, -0.25) is 4.79 Å². The molecule has 0 atom stereocenters. The van der Waals surface area contributed by atoms with Gasteiger partial charge in [-0.15, -0.1) is 0 Å². The van der Waals surface area contributed by atoms with Crippen molar-refractivity contribution in [2.75, 3.05) is 0 Å². The largest absolute Gasteiger partial charge is 0.481 e. The van der Waals surface area contributed by atoms with Gasteiger partial charge in [0.2, 0.25) is 0 Å². The second kappa shape index (κ2) is 16.0. The minimum absolute atomic E-state index is 0.298. The Labute approximate surface area is 125 Å². The van der Waals surface area contributed by atoms with Crippen LogP contribution in [0.4, 0.5) is 0 Å². The Hall–Kier alpha value is -1.05. The third-order valence-electron chi connectivity index (χ3n) is 3.34. The lowest BCUT2D eigenvalue weighted by atomic mass is 10.1. The SMILES string of the molecule is CCCCCCCC/C=C\C/C=C/CCCCC(=O)O. The molecule has 0 aromatic heterocycles. The Kier molecular flexibility index (Phi) is 15.2. The highest BCUT2D eigenvalue weighted by Gasteiger charge is 1.93. The van der Waals surface area contributed by atoms with Crippen LogP contribution in [-0.4, -0.2) is 11.1 Å². The summed E-state index contributed by atoms with van der Waals surface area (Å²) in [5, 5.41) is 8.49. The highest BCUT2D eigenvalue weighted by atomic mass is 16.4. The lowest BCUT2D eigenvalue weighted by Crippen LogP contribution is -1.92. The van der Waals surface area contributed by atoms with Gasteiger partial charge in [-0.25, -0.2) is 0 Å². The summed E-state index contributed by atoms with van der Waals surface area (Å²) in [5.74, 6) is -0.688. The van der Waals surface area contributed by atoms with Crippen molar-refractivity contribution in [3.63, 3.8) is 0 Å². The molecule has 20 heavy (non-hydrogen) atoms. The molecule has 0 aliphatic carbocycles. The Morgan fingerprint density at radius 3 is 1.95 bits per heavy atom. The van der Waals surface area contributed by atoms with Crippen molar-refractivity contribution < 1.29 is 9.90 Å². The van der Waals surface area contributed by atoms with Crippen LogP contribution in [0.15, 0.2) is 24.3 Å². The molecule has 0 aromatic carbocycles. The van der Waals surface area contributed by atoms with Gasteiger partial charge >= 0.3 is 5.97 Å². The predicted octanol–water partition coefficient (Wildman–Crippen LogP) is 5.88. The Morgan fingerprint density at radius 1 is 0.800 bits per heavy atom. The van der Waals surface area contributed by atoms with E-state index in [1.807, 2.05) is 0 Å². The lowest BCUT2D eigenvalue weighted by Gasteiger charge is -1.97. The van der Waals surface area contributed by atoms with Gasteiger partial charge in [0.15, 0.2) is 0 Å². The van der Waals surface area contributed by atoms with E-state index >= 15 is 0 Å². The molecule has 2 nitrogen and oxygen atoms in total. The van der Waals surface area contributed by atoms with Gasteiger partial charge < -0.3 is 5.11 Å². The van der Waals surface area contributed by atoms with Gasteiger partial charge in [0.1, 0.15) is 0 Å². The van der Waals surface area contributed by atoms with Crippen molar-refractivity contribution in [3.05, 3.63) is 24.3 Å². The molecule has 0 rings (SSSR count). The molecule has 116 valence electrons. The molecule has 2 heteroatoms. The van der Waals surface area contributed by atoms with E-state index in [1.54, 1.807) is 0 Å². The second-order valence-electron chi connectivity index (χ2n) is 5.37. The number of allylic oxidation sites excluding steroid dienone is 4. The number of carboxylic acid groups (broad SMARTS) is 1. The predicted molar refractivity (Wildman–Crippen MR) is 87.0 cm³/mol. The summed E-state index contributed by atoms with van der Waals surface area (Å²) in [4.78, 5) is 10.3. The van der Waals surface area contributed by atoms with E-state index in [0.717, 1.165) is 25.7 Å². The molecular formula is C18H32O2. The van der Waals surface area contributed by atoms with E-state index in [9.17, 15) is 4.79 Å². The molecule has 0 radical (unpaired) electrons. The average molecular weight is 280 g/mol. The van der Waals surface area contributed by atoms with Crippen LogP contribution in [0.2, 0.25) is 0 Å². The normalized spacial score (nSPS) is 11.7. The standard InChI is InChI=1S/C18H32O2/c1-2-3-4-5-6-7-8-9-10-11-12-13-14-15-16-17-18(19)20/h9-10,12-13H,2-8,11,14-17H2,1H3,(H,19,20)/b10-9-,13-12+. The van der Waals surface area contributed by atoms with E-state index in [2.05, 4.69) is 31.2 Å². The minimum Gasteiger partial charge on any atom is -0.481 e. The molecule has 0 aliphatic rings. The zero-order valence-corrected chi connectivity index (χ0v) is 13.2. The first-order chi connectivity index (χ1) is 9.77. The lowest BCUT2D eigenvalue weighted by molar-refractivity contribution is -0.137. The summed E-state index contributed by atoms with van der Waals surface area (Å²) in [6.45, 7) is 2.25. The smallest absolute Gasteiger partial charge is 0.303 e. The van der Waals surface area contributed by atoms with Crippen molar-refractivity contribution >= 4 is 5.97 Å². The highest BCUT2D eigenvalue weighted by Crippen LogP contribution is 2.07. The van der Waals surface area contributed by atoms with Crippen LogP contribution >= 0.6 is 0 Å². The Bertz CT molecular complexity index is 267. The number of aliphatic carboxylic acids is 1. The summed E-state index contributed by atoms with van der Waals surface area (Å²) >= 11 is 0. The first-order valence-electron chi connectivity index (χ1n) is 8.29. The number of hydrogen-bond acceptors (Lipinski definition) is 1. The number of unbranched alkanes of at least 4 members (excludes halogenated alkanes) is 8. The molecule has 0 aromatic rings. The van der Waals surface area contributed by atoms with Crippen molar-refractivity contribution in [2.24, 2.45) is 0 Å². The summed E-state index contributed by atoms with van der Waals surface area (Å²) in [5.41, 5.74) is 0. The maximum atomic E-state index is 10.3. The van der Waals surface area contributed by atoms with Crippen molar-refractivity contribution in [2.45, 2.75) is 84.0 Å². The van der Waals surface area contributed by atoms with Crippen LogP contribution in [-0.2, 0) is 4.79 Å². The van der Waals surface area contributed by atoms with Crippen LogP contribution in [0.3, 0.4) is 0 Å². The topological polar surface area (TPSA) is 37.3 Å². The summed E-state index contributed by atoms with van der Waals surface area (Å²) in [6.07, 6.45) is 22.3. The molecular weight excluding hydrogens is 248 g/mol. The Morgan fingerprint density at radius 2 is 1.35 bits per heavy atom. The average Bonchev–Trinajstić information content (AvgIpc) is 2.43. The third kappa shape index (κ3) is 16.9. The van der Waals surface area contributed by atoms with Gasteiger partial charge in [0.05, 0.1) is 0 Å². The third-order valence-corrected chi connectivity index (χ3v) is 3.34. The van der Waals surface area contributed by atoms with Crippen LogP contribution in [0.1, 0.15) is 84.0 Å². The molecule has 0 unspecified atom stereocenters. The minimum atomic E-state index is -0.688. The van der Waals surface area contributed by atoms with E-state index < -0.39 is 5.97 Å². The number of rotatable bonds is 14. The maximum Gasteiger partial charge on any atom is 0.303 e. The molecule has 0 fully saturated rings. The molecule has 0 saturated heterocycles. The quantitative estimate of drug-likeness (QED) is 0.318. The van der Waals surface area contributed by atoms with Gasteiger partial charge in [-0.2, -0.15) is 0 Å². The van der Waals surface area contributed by atoms with Crippen molar-refractivity contribution in [1.82, 2.24) is 0 Å². The van der Waals surface area contributed by atoms with Crippen molar-refractivity contribution in [1.29, 1.82) is 0 Å². The maximum absolute atomic E-state index is 10.3. The van der Waals surface area contributed by atoms with Gasteiger partial charge in [0, 0.05) is 6.42 Å². The zero-order valence-electron chi connectivity index (χ0n) is 13.2. The van der Waals surface area contributed by atoms with E-state index in [1.165, 1.54) is 44.9 Å². The van der Waals surface area contributed by atoms with Gasteiger partial charge in [-0.05, 0) is 38.5 Å².